The van der Waals surface area contributed by atoms with Crippen LogP contribution in [-0.2, 0) is 0 Å². The highest BCUT2D eigenvalue weighted by Gasteiger charge is 2.22. The quantitative estimate of drug-likeness (QED) is 0.797. The normalized spacial score (nSPS) is 22.4. The van der Waals surface area contributed by atoms with Crippen molar-refractivity contribution in [1.82, 2.24) is 5.32 Å². The van der Waals surface area contributed by atoms with E-state index in [1.807, 2.05) is 24.3 Å². The van der Waals surface area contributed by atoms with Crippen LogP contribution in [0.2, 0.25) is 0 Å². The molecule has 1 saturated carbocycles. The highest BCUT2D eigenvalue weighted by atomic mass is 16.1. The van der Waals surface area contributed by atoms with E-state index < -0.39 is 0 Å². The van der Waals surface area contributed by atoms with Gasteiger partial charge in [0.2, 0.25) is 0 Å². The molecular formula is C18H28N2O. The molecule has 0 saturated heterocycles. The second kappa shape index (κ2) is 8.06. The van der Waals surface area contributed by atoms with Gasteiger partial charge in [-0.25, -0.2) is 0 Å². The summed E-state index contributed by atoms with van der Waals surface area (Å²) in [4.78, 5) is 12.6. The third-order valence-corrected chi connectivity index (χ3v) is 4.42. The maximum atomic E-state index is 12.6. The second-order valence-electron chi connectivity index (χ2n) is 6.17. The Bertz CT molecular complexity index is 458. The molecule has 0 bridgehead atoms. The van der Waals surface area contributed by atoms with Crippen LogP contribution < -0.4 is 10.6 Å². The third kappa shape index (κ3) is 4.48. The number of hydrogen-bond acceptors (Lipinski definition) is 2. The number of amides is 1. The predicted octanol–water partition coefficient (Wildman–Crippen LogP) is 4.21. The van der Waals surface area contributed by atoms with Crippen LogP contribution in [-0.4, -0.2) is 18.5 Å². The largest absolute Gasteiger partial charge is 0.384 e. The number of anilines is 1. The molecule has 1 amide bonds. The molecule has 116 valence electrons. The van der Waals surface area contributed by atoms with Gasteiger partial charge in [-0.05, 0) is 37.3 Å². The van der Waals surface area contributed by atoms with E-state index in [1.54, 1.807) is 0 Å². The topological polar surface area (TPSA) is 41.1 Å². The van der Waals surface area contributed by atoms with Crippen molar-refractivity contribution in [3.8, 4) is 0 Å². The molecule has 21 heavy (non-hydrogen) atoms. The molecule has 0 spiro atoms. The van der Waals surface area contributed by atoms with Crippen LogP contribution in [0, 0.1) is 5.92 Å². The molecule has 2 atom stereocenters. The van der Waals surface area contributed by atoms with Gasteiger partial charge in [-0.2, -0.15) is 0 Å². The lowest BCUT2D eigenvalue weighted by Gasteiger charge is -2.23. The molecule has 1 fully saturated rings. The molecule has 1 aliphatic carbocycles. The van der Waals surface area contributed by atoms with Crippen molar-refractivity contribution in [2.45, 2.75) is 58.4 Å². The van der Waals surface area contributed by atoms with Gasteiger partial charge in [0.25, 0.3) is 5.91 Å². The zero-order valence-electron chi connectivity index (χ0n) is 13.3. The number of benzene rings is 1. The van der Waals surface area contributed by atoms with E-state index in [2.05, 4.69) is 24.5 Å². The SMILES string of the molecule is CCCNc1ccccc1C(=O)NC1CCCCCC1C. The van der Waals surface area contributed by atoms with Crippen LogP contribution in [0.4, 0.5) is 5.69 Å². The number of hydrogen-bond donors (Lipinski definition) is 2. The van der Waals surface area contributed by atoms with Crippen LogP contribution in [0.3, 0.4) is 0 Å². The molecular weight excluding hydrogens is 260 g/mol. The van der Waals surface area contributed by atoms with Crippen molar-refractivity contribution < 1.29 is 4.79 Å². The van der Waals surface area contributed by atoms with Crippen LogP contribution in [0.15, 0.2) is 24.3 Å². The van der Waals surface area contributed by atoms with Gasteiger partial charge in [0.15, 0.2) is 0 Å². The lowest BCUT2D eigenvalue weighted by atomic mass is 9.96. The summed E-state index contributed by atoms with van der Waals surface area (Å²) in [5.41, 5.74) is 1.71. The van der Waals surface area contributed by atoms with Crippen molar-refractivity contribution >= 4 is 11.6 Å². The first-order chi connectivity index (χ1) is 10.2. The lowest BCUT2D eigenvalue weighted by Crippen LogP contribution is -2.39. The first kappa shape index (κ1) is 15.9. The standard InChI is InChI=1S/C18H28N2O/c1-3-13-19-17-12-8-7-10-15(17)18(21)20-16-11-6-4-5-9-14(16)2/h7-8,10,12,14,16,19H,3-6,9,11,13H2,1-2H3,(H,20,21). The minimum atomic E-state index is 0.0629. The van der Waals surface area contributed by atoms with Gasteiger partial charge in [-0.3, -0.25) is 4.79 Å². The minimum Gasteiger partial charge on any atom is -0.384 e. The summed E-state index contributed by atoms with van der Waals surface area (Å²) in [7, 11) is 0. The maximum absolute atomic E-state index is 12.6. The zero-order chi connectivity index (χ0) is 15.1. The molecule has 2 unspecified atom stereocenters. The molecule has 0 aromatic heterocycles. The Balaban J connectivity index is 2.05. The Morgan fingerprint density at radius 3 is 2.76 bits per heavy atom. The van der Waals surface area contributed by atoms with E-state index >= 15 is 0 Å². The van der Waals surface area contributed by atoms with Gasteiger partial charge in [0, 0.05) is 18.3 Å². The average Bonchev–Trinajstić information content (AvgIpc) is 2.70. The molecule has 1 aromatic rings. The summed E-state index contributed by atoms with van der Waals surface area (Å²) >= 11 is 0. The minimum absolute atomic E-state index is 0.0629. The van der Waals surface area contributed by atoms with Crippen LogP contribution >= 0.6 is 0 Å². The van der Waals surface area contributed by atoms with Gasteiger partial charge in [0.05, 0.1) is 5.56 Å². The van der Waals surface area contributed by atoms with Gasteiger partial charge in [0.1, 0.15) is 0 Å². The number of carbonyl (C=O) groups is 1. The van der Waals surface area contributed by atoms with E-state index in [-0.39, 0.29) is 5.91 Å². The Hall–Kier alpha value is -1.51. The first-order valence-corrected chi connectivity index (χ1v) is 8.36. The van der Waals surface area contributed by atoms with Crippen molar-refractivity contribution in [2.24, 2.45) is 5.92 Å². The van der Waals surface area contributed by atoms with Crippen molar-refractivity contribution in [3.63, 3.8) is 0 Å². The summed E-state index contributed by atoms with van der Waals surface area (Å²) in [5.74, 6) is 0.639. The third-order valence-electron chi connectivity index (χ3n) is 4.42. The fraction of sp³-hybridized carbons (Fsp3) is 0.611. The maximum Gasteiger partial charge on any atom is 0.253 e. The summed E-state index contributed by atoms with van der Waals surface area (Å²) < 4.78 is 0. The summed E-state index contributed by atoms with van der Waals surface area (Å²) in [6, 6.07) is 8.13. The van der Waals surface area contributed by atoms with E-state index in [1.165, 1.54) is 25.7 Å². The van der Waals surface area contributed by atoms with Crippen LogP contribution in [0.5, 0.6) is 0 Å². The average molecular weight is 288 g/mol. The second-order valence-corrected chi connectivity index (χ2v) is 6.17. The Kier molecular flexibility index (Phi) is 6.09. The van der Waals surface area contributed by atoms with Gasteiger partial charge < -0.3 is 10.6 Å². The molecule has 1 aromatic carbocycles. The lowest BCUT2D eigenvalue weighted by molar-refractivity contribution is 0.0922. The van der Waals surface area contributed by atoms with Gasteiger partial charge in [-0.1, -0.05) is 45.2 Å². The van der Waals surface area contributed by atoms with E-state index in [0.717, 1.165) is 30.6 Å². The fourth-order valence-electron chi connectivity index (χ4n) is 3.05. The Morgan fingerprint density at radius 1 is 1.19 bits per heavy atom. The molecule has 0 radical (unpaired) electrons. The van der Waals surface area contributed by atoms with Crippen LogP contribution in [0.1, 0.15) is 62.7 Å². The monoisotopic (exact) mass is 288 g/mol. The number of para-hydroxylation sites is 1. The molecule has 0 aliphatic heterocycles. The predicted molar refractivity (Wildman–Crippen MR) is 88.7 cm³/mol. The van der Waals surface area contributed by atoms with Crippen molar-refractivity contribution in [2.75, 3.05) is 11.9 Å². The highest BCUT2D eigenvalue weighted by molar-refractivity contribution is 5.99. The Labute approximate surface area is 128 Å². The Morgan fingerprint density at radius 2 is 1.95 bits per heavy atom. The molecule has 1 aliphatic rings. The first-order valence-electron chi connectivity index (χ1n) is 8.36. The molecule has 2 N–H and O–H groups in total. The fourth-order valence-corrected chi connectivity index (χ4v) is 3.05. The number of carbonyl (C=O) groups excluding carboxylic acids is 1. The number of nitrogens with one attached hydrogen (secondary N) is 2. The summed E-state index contributed by atoms with van der Waals surface area (Å²) in [5, 5.41) is 6.61. The zero-order valence-corrected chi connectivity index (χ0v) is 13.3. The summed E-state index contributed by atoms with van der Waals surface area (Å²) in [6.45, 7) is 5.28. The van der Waals surface area contributed by atoms with Gasteiger partial charge >= 0.3 is 0 Å². The van der Waals surface area contributed by atoms with E-state index in [9.17, 15) is 4.79 Å². The molecule has 3 heteroatoms. The molecule has 0 heterocycles. The van der Waals surface area contributed by atoms with Crippen molar-refractivity contribution in [1.29, 1.82) is 0 Å². The molecule has 2 rings (SSSR count). The smallest absolute Gasteiger partial charge is 0.253 e. The number of rotatable bonds is 5. The van der Waals surface area contributed by atoms with E-state index in [0.29, 0.717) is 12.0 Å². The van der Waals surface area contributed by atoms with Crippen molar-refractivity contribution in [3.05, 3.63) is 29.8 Å². The van der Waals surface area contributed by atoms with E-state index in [4.69, 9.17) is 0 Å². The highest BCUT2D eigenvalue weighted by Crippen LogP contribution is 2.24. The van der Waals surface area contributed by atoms with Gasteiger partial charge in [-0.15, -0.1) is 0 Å². The molecule has 3 nitrogen and oxygen atoms in total. The summed E-state index contributed by atoms with van der Waals surface area (Å²) in [6.07, 6.45) is 7.20. The van der Waals surface area contributed by atoms with Crippen LogP contribution in [0.25, 0.3) is 0 Å².